The molecular formula is C14H17NO2. The predicted molar refractivity (Wildman–Crippen MR) is 67.2 cm³/mol. The first-order valence-electron chi connectivity index (χ1n) is 5.91. The summed E-state index contributed by atoms with van der Waals surface area (Å²) < 4.78 is 11.3. The van der Waals surface area contributed by atoms with Gasteiger partial charge in [-0.1, -0.05) is 32.0 Å². The van der Waals surface area contributed by atoms with Crippen LogP contribution in [0.2, 0.25) is 0 Å². The molecule has 2 rings (SSSR count). The standard InChI is InChI=1S/C14H17NO2/c1-4-16-14-12(10(2)3)17-13(15-14)11-8-6-5-7-9-11/h5-10H,4H2,1-3H3. The highest BCUT2D eigenvalue weighted by molar-refractivity contribution is 5.54. The van der Waals surface area contributed by atoms with E-state index in [1.165, 1.54) is 0 Å². The van der Waals surface area contributed by atoms with Crippen molar-refractivity contribution in [3.05, 3.63) is 36.1 Å². The molecule has 0 saturated carbocycles. The van der Waals surface area contributed by atoms with E-state index in [-0.39, 0.29) is 5.92 Å². The van der Waals surface area contributed by atoms with Crippen molar-refractivity contribution >= 4 is 0 Å². The van der Waals surface area contributed by atoms with Gasteiger partial charge in [0.1, 0.15) is 0 Å². The second-order valence-corrected chi connectivity index (χ2v) is 4.14. The molecule has 0 amide bonds. The second-order valence-electron chi connectivity index (χ2n) is 4.14. The summed E-state index contributed by atoms with van der Waals surface area (Å²) in [6.07, 6.45) is 0. The van der Waals surface area contributed by atoms with Gasteiger partial charge >= 0.3 is 0 Å². The van der Waals surface area contributed by atoms with Crippen LogP contribution in [0.1, 0.15) is 32.4 Å². The third kappa shape index (κ3) is 2.49. The van der Waals surface area contributed by atoms with Crippen LogP contribution in [-0.4, -0.2) is 11.6 Å². The highest BCUT2D eigenvalue weighted by Crippen LogP contribution is 2.31. The number of rotatable bonds is 4. The molecule has 1 aromatic heterocycles. The fraction of sp³-hybridized carbons (Fsp3) is 0.357. The molecule has 1 aromatic carbocycles. The minimum Gasteiger partial charge on any atom is -0.475 e. The lowest BCUT2D eigenvalue weighted by Crippen LogP contribution is -1.96. The average Bonchev–Trinajstić information content (AvgIpc) is 2.75. The van der Waals surface area contributed by atoms with E-state index in [9.17, 15) is 0 Å². The van der Waals surface area contributed by atoms with E-state index in [1.807, 2.05) is 37.3 Å². The van der Waals surface area contributed by atoms with Crippen LogP contribution >= 0.6 is 0 Å². The fourth-order valence-corrected chi connectivity index (χ4v) is 1.63. The van der Waals surface area contributed by atoms with Crippen molar-refractivity contribution in [1.82, 2.24) is 4.98 Å². The van der Waals surface area contributed by atoms with Gasteiger partial charge < -0.3 is 9.15 Å². The lowest BCUT2D eigenvalue weighted by atomic mass is 10.2. The highest BCUT2D eigenvalue weighted by Gasteiger charge is 2.18. The molecule has 2 aromatic rings. The van der Waals surface area contributed by atoms with Gasteiger partial charge in [-0.3, -0.25) is 0 Å². The monoisotopic (exact) mass is 231 g/mol. The molecule has 0 aliphatic rings. The van der Waals surface area contributed by atoms with E-state index in [2.05, 4.69) is 18.8 Å². The third-order valence-electron chi connectivity index (χ3n) is 2.45. The van der Waals surface area contributed by atoms with E-state index in [4.69, 9.17) is 9.15 Å². The maximum absolute atomic E-state index is 5.78. The summed E-state index contributed by atoms with van der Waals surface area (Å²) in [5, 5.41) is 0. The van der Waals surface area contributed by atoms with Gasteiger partial charge in [-0.05, 0) is 19.1 Å². The van der Waals surface area contributed by atoms with E-state index in [0.717, 1.165) is 11.3 Å². The van der Waals surface area contributed by atoms with Gasteiger partial charge in [-0.15, -0.1) is 0 Å². The topological polar surface area (TPSA) is 35.3 Å². The molecule has 1 heterocycles. The molecule has 0 radical (unpaired) electrons. The Labute approximate surface area is 101 Å². The van der Waals surface area contributed by atoms with Crippen LogP contribution in [-0.2, 0) is 0 Å². The molecule has 17 heavy (non-hydrogen) atoms. The van der Waals surface area contributed by atoms with Gasteiger partial charge in [0.15, 0.2) is 5.76 Å². The molecular weight excluding hydrogens is 214 g/mol. The Bertz CT molecular complexity index is 474. The number of benzene rings is 1. The SMILES string of the molecule is CCOc1nc(-c2ccccc2)oc1C(C)C. The van der Waals surface area contributed by atoms with E-state index in [0.29, 0.717) is 18.4 Å². The van der Waals surface area contributed by atoms with Crippen LogP contribution in [0.5, 0.6) is 5.88 Å². The minimum absolute atomic E-state index is 0.265. The minimum atomic E-state index is 0.265. The maximum atomic E-state index is 5.78. The Balaban J connectivity index is 2.40. The van der Waals surface area contributed by atoms with Crippen molar-refractivity contribution < 1.29 is 9.15 Å². The zero-order chi connectivity index (χ0) is 12.3. The number of aromatic nitrogens is 1. The molecule has 0 N–H and O–H groups in total. The molecule has 0 aliphatic heterocycles. The quantitative estimate of drug-likeness (QED) is 0.801. The Morgan fingerprint density at radius 3 is 2.53 bits per heavy atom. The lowest BCUT2D eigenvalue weighted by Gasteiger charge is -2.02. The van der Waals surface area contributed by atoms with Crippen LogP contribution in [0, 0.1) is 0 Å². The number of ether oxygens (including phenoxy) is 1. The Hall–Kier alpha value is -1.77. The molecule has 0 unspecified atom stereocenters. The van der Waals surface area contributed by atoms with Crippen LogP contribution < -0.4 is 4.74 Å². The van der Waals surface area contributed by atoms with Gasteiger partial charge in [-0.2, -0.15) is 4.98 Å². The normalized spacial score (nSPS) is 10.8. The summed E-state index contributed by atoms with van der Waals surface area (Å²) in [5.74, 6) is 2.31. The molecule has 0 aliphatic carbocycles. The first-order valence-corrected chi connectivity index (χ1v) is 5.91. The van der Waals surface area contributed by atoms with Crippen LogP contribution in [0.4, 0.5) is 0 Å². The van der Waals surface area contributed by atoms with Crippen LogP contribution in [0.15, 0.2) is 34.7 Å². The molecule has 90 valence electrons. The molecule has 0 fully saturated rings. The second kappa shape index (κ2) is 5.04. The first kappa shape index (κ1) is 11.7. The maximum Gasteiger partial charge on any atom is 0.256 e. The molecule has 3 heteroatoms. The number of hydrogen-bond acceptors (Lipinski definition) is 3. The summed E-state index contributed by atoms with van der Waals surface area (Å²) in [6, 6.07) is 9.86. The van der Waals surface area contributed by atoms with Gasteiger partial charge in [0.25, 0.3) is 5.88 Å². The van der Waals surface area contributed by atoms with E-state index < -0.39 is 0 Å². The Morgan fingerprint density at radius 1 is 1.24 bits per heavy atom. The van der Waals surface area contributed by atoms with Crippen molar-refractivity contribution in [2.24, 2.45) is 0 Å². The summed E-state index contributed by atoms with van der Waals surface area (Å²) in [7, 11) is 0. The van der Waals surface area contributed by atoms with Gasteiger partial charge in [0, 0.05) is 11.5 Å². The van der Waals surface area contributed by atoms with Gasteiger partial charge in [0.2, 0.25) is 5.89 Å². The third-order valence-corrected chi connectivity index (χ3v) is 2.45. The average molecular weight is 231 g/mol. The molecule has 0 bridgehead atoms. The zero-order valence-corrected chi connectivity index (χ0v) is 10.4. The molecule has 0 saturated heterocycles. The van der Waals surface area contributed by atoms with Crippen molar-refractivity contribution in [2.75, 3.05) is 6.61 Å². The zero-order valence-electron chi connectivity index (χ0n) is 10.4. The summed E-state index contributed by atoms with van der Waals surface area (Å²) in [5.41, 5.74) is 0.973. The van der Waals surface area contributed by atoms with Crippen molar-refractivity contribution in [2.45, 2.75) is 26.7 Å². The smallest absolute Gasteiger partial charge is 0.256 e. The number of nitrogens with zero attached hydrogens (tertiary/aromatic N) is 1. The van der Waals surface area contributed by atoms with Crippen LogP contribution in [0.25, 0.3) is 11.5 Å². The van der Waals surface area contributed by atoms with Gasteiger partial charge in [-0.25, -0.2) is 0 Å². The fourth-order valence-electron chi connectivity index (χ4n) is 1.63. The number of hydrogen-bond donors (Lipinski definition) is 0. The van der Waals surface area contributed by atoms with Crippen molar-refractivity contribution in [3.63, 3.8) is 0 Å². The summed E-state index contributed by atoms with van der Waals surface area (Å²) >= 11 is 0. The van der Waals surface area contributed by atoms with E-state index in [1.54, 1.807) is 0 Å². The van der Waals surface area contributed by atoms with Crippen LogP contribution in [0.3, 0.4) is 0 Å². The van der Waals surface area contributed by atoms with Crippen molar-refractivity contribution in [3.8, 4) is 17.3 Å². The van der Waals surface area contributed by atoms with Crippen molar-refractivity contribution in [1.29, 1.82) is 0 Å². The summed E-state index contributed by atoms with van der Waals surface area (Å²) in [4.78, 5) is 4.40. The highest BCUT2D eigenvalue weighted by atomic mass is 16.5. The van der Waals surface area contributed by atoms with Gasteiger partial charge in [0.05, 0.1) is 6.61 Å². The Morgan fingerprint density at radius 2 is 1.94 bits per heavy atom. The predicted octanol–water partition coefficient (Wildman–Crippen LogP) is 3.86. The first-order chi connectivity index (χ1) is 8.22. The summed E-state index contributed by atoms with van der Waals surface area (Å²) in [6.45, 7) is 6.68. The largest absolute Gasteiger partial charge is 0.475 e. The molecule has 0 spiro atoms. The molecule has 3 nitrogen and oxygen atoms in total. The lowest BCUT2D eigenvalue weighted by molar-refractivity contribution is 0.315. The molecule has 0 atom stereocenters. The Kier molecular flexibility index (Phi) is 3.47. The number of oxazole rings is 1. The van der Waals surface area contributed by atoms with E-state index >= 15 is 0 Å².